The highest BCUT2D eigenvalue weighted by Crippen LogP contribution is 2.24. The number of aliphatic carboxylic acids is 1. The van der Waals surface area contributed by atoms with Gasteiger partial charge in [-0.1, -0.05) is 20.8 Å². The van der Waals surface area contributed by atoms with Crippen molar-refractivity contribution in [2.75, 3.05) is 11.4 Å². The number of carbonyl (C=O) groups is 3. The zero-order valence-corrected chi connectivity index (χ0v) is 12.4. The van der Waals surface area contributed by atoms with Gasteiger partial charge in [-0.25, -0.2) is 0 Å². The number of benzene rings is 1. The molecule has 1 rings (SSSR count). The number of nitrogens with two attached hydrogens (primary N) is 1. The molecule has 0 aromatic heterocycles. The number of primary amides is 1. The number of amides is 2. The molecule has 1 aromatic rings. The van der Waals surface area contributed by atoms with Gasteiger partial charge in [0.2, 0.25) is 11.8 Å². The van der Waals surface area contributed by atoms with Crippen molar-refractivity contribution in [1.29, 1.82) is 0 Å². The van der Waals surface area contributed by atoms with Crippen molar-refractivity contribution in [2.24, 2.45) is 11.1 Å². The van der Waals surface area contributed by atoms with Gasteiger partial charge in [0.15, 0.2) is 0 Å². The molecule has 21 heavy (non-hydrogen) atoms. The summed E-state index contributed by atoms with van der Waals surface area (Å²) in [6.07, 6.45) is -0.153. The number of rotatable bonds is 5. The second-order valence-corrected chi connectivity index (χ2v) is 5.76. The Balaban J connectivity index is 3.08. The van der Waals surface area contributed by atoms with E-state index in [-0.39, 0.29) is 18.9 Å². The number of carbonyl (C=O) groups excluding carboxylic acids is 2. The smallest absolute Gasteiger partial charge is 0.305 e. The Labute approximate surface area is 123 Å². The third kappa shape index (κ3) is 4.59. The molecule has 0 aliphatic carbocycles. The summed E-state index contributed by atoms with van der Waals surface area (Å²) < 4.78 is 0. The molecule has 0 aliphatic rings. The molecular formula is C15H20N2O4. The van der Waals surface area contributed by atoms with Crippen LogP contribution >= 0.6 is 0 Å². The number of hydrogen-bond acceptors (Lipinski definition) is 3. The van der Waals surface area contributed by atoms with E-state index in [1.807, 2.05) is 0 Å². The minimum atomic E-state index is -0.976. The third-order valence-corrected chi connectivity index (χ3v) is 2.90. The molecule has 0 aliphatic heterocycles. The van der Waals surface area contributed by atoms with Gasteiger partial charge >= 0.3 is 5.97 Å². The maximum absolute atomic E-state index is 12.4. The van der Waals surface area contributed by atoms with E-state index in [1.54, 1.807) is 32.9 Å². The lowest BCUT2D eigenvalue weighted by Gasteiger charge is -2.29. The van der Waals surface area contributed by atoms with Crippen molar-refractivity contribution in [3.05, 3.63) is 29.8 Å². The largest absolute Gasteiger partial charge is 0.481 e. The predicted octanol–water partition coefficient (Wildman–Crippen LogP) is 1.64. The van der Waals surface area contributed by atoms with E-state index in [1.165, 1.54) is 17.0 Å². The molecule has 0 spiro atoms. The second kappa shape index (κ2) is 6.39. The molecule has 2 amide bonds. The normalized spacial score (nSPS) is 11.0. The van der Waals surface area contributed by atoms with Crippen LogP contribution in [0, 0.1) is 5.41 Å². The molecular weight excluding hydrogens is 272 g/mol. The van der Waals surface area contributed by atoms with E-state index in [0.717, 1.165) is 0 Å². The topological polar surface area (TPSA) is 101 Å². The number of anilines is 1. The van der Waals surface area contributed by atoms with Gasteiger partial charge in [0.1, 0.15) is 0 Å². The van der Waals surface area contributed by atoms with Crippen molar-refractivity contribution >= 4 is 23.5 Å². The molecule has 6 nitrogen and oxygen atoms in total. The fourth-order valence-electron chi connectivity index (χ4n) is 1.77. The summed E-state index contributed by atoms with van der Waals surface area (Å²) >= 11 is 0. The SMILES string of the molecule is CC(C)(C)C(=O)N(CCC(=O)O)c1ccc(C(N)=O)cc1. The van der Waals surface area contributed by atoms with Crippen molar-refractivity contribution in [3.63, 3.8) is 0 Å². The van der Waals surface area contributed by atoms with Crippen molar-refractivity contribution in [2.45, 2.75) is 27.2 Å². The minimum absolute atomic E-state index is 0.0708. The molecule has 0 atom stereocenters. The van der Waals surface area contributed by atoms with Crippen LogP contribution in [-0.2, 0) is 9.59 Å². The van der Waals surface area contributed by atoms with Gasteiger partial charge < -0.3 is 15.7 Å². The van der Waals surface area contributed by atoms with E-state index in [2.05, 4.69) is 0 Å². The van der Waals surface area contributed by atoms with Crippen LogP contribution in [0.1, 0.15) is 37.6 Å². The van der Waals surface area contributed by atoms with E-state index >= 15 is 0 Å². The third-order valence-electron chi connectivity index (χ3n) is 2.90. The fourth-order valence-corrected chi connectivity index (χ4v) is 1.77. The second-order valence-electron chi connectivity index (χ2n) is 5.76. The molecule has 0 saturated heterocycles. The highest BCUT2D eigenvalue weighted by Gasteiger charge is 2.28. The molecule has 0 heterocycles. The lowest BCUT2D eigenvalue weighted by atomic mass is 9.94. The molecule has 0 fully saturated rings. The van der Waals surface area contributed by atoms with Crippen LogP contribution < -0.4 is 10.6 Å². The van der Waals surface area contributed by atoms with Crippen molar-refractivity contribution in [1.82, 2.24) is 0 Å². The number of carboxylic acids is 1. The molecule has 114 valence electrons. The molecule has 6 heteroatoms. The van der Waals surface area contributed by atoms with Gasteiger partial charge in [0, 0.05) is 23.2 Å². The number of carboxylic acid groups (broad SMARTS) is 1. The maximum Gasteiger partial charge on any atom is 0.305 e. The van der Waals surface area contributed by atoms with Crippen molar-refractivity contribution < 1.29 is 19.5 Å². The van der Waals surface area contributed by atoms with E-state index in [0.29, 0.717) is 11.3 Å². The van der Waals surface area contributed by atoms with Crippen LogP contribution in [0.5, 0.6) is 0 Å². The zero-order chi connectivity index (χ0) is 16.2. The summed E-state index contributed by atoms with van der Waals surface area (Å²) in [5, 5.41) is 8.81. The first-order chi connectivity index (χ1) is 9.62. The molecule has 0 unspecified atom stereocenters. The van der Waals surface area contributed by atoms with Crippen LogP contribution in [0.3, 0.4) is 0 Å². The fraction of sp³-hybridized carbons (Fsp3) is 0.400. The first-order valence-electron chi connectivity index (χ1n) is 6.56. The Morgan fingerprint density at radius 3 is 2.05 bits per heavy atom. The summed E-state index contributed by atoms with van der Waals surface area (Å²) in [5.41, 5.74) is 5.41. The van der Waals surface area contributed by atoms with E-state index in [4.69, 9.17) is 10.8 Å². The van der Waals surface area contributed by atoms with E-state index in [9.17, 15) is 14.4 Å². The quantitative estimate of drug-likeness (QED) is 0.861. The highest BCUT2D eigenvalue weighted by atomic mass is 16.4. The summed E-state index contributed by atoms with van der Waals surface area (Å²) in [6, 6.07) is 6.21. The Morgan fingerprint density at radius 1 is 1.14 bits per heavy atom. The minimum Gasteiger partial charge on any atom is -0.481 e. The van der Waals surface area contributed by atoms with Crippen LogP contribution in [0.4, 0.5) is 5.69 Å². The lowest BCUT2D eigenvalue weighted by molar-refractivity contribution is -0.136. The van der Waals surface area contributed by atoms with Crippen LogP contribution in [0.25, 0.3) is 0 Å². The van der Waals surface area contributed by atoms with Gasteiger partial charge in [-0.2, -0.15) is 0 Å². The monoisotopic (exact) mass is 292 g/mol. The van der Waals surface area contributed by atoms with Gasteiger partial charge in [-0.05, 0) is 24.3 Å². The first kappa shape index (κ1) is 16.7. The Kier molecular flexibility index (Phi) is 5.07. The number of hydrogen-bond donors (Lipinski definition) is 2. The predicted molar refractivity (Wildman–Crippen MR) is 79.0 cm³/mol. The zero-order valence-electron chi connectivity index (χ0n) is 12.4. The van der Waals surface area contributed by atoms with Crippen LogP contribution in [0.2, 0.25) is 0 Å². The molecule has 0 radical (unpaired) electrons. The average molecular weight is 292 g/mol. The summed E-state index contributed by atoms with van der Waals surface area (Å²) in [5.74, 6) is -1.72. The van der Waals surface area contributed by atoms with E-state index < -0.39 is 17.3 Å². The highest BCUT2D eigenvalue weighted by molar-refractivity contribution is 5.98. The van der Waals surface area contributed by atoms with Crippen LogP contribution in [-0.4, -0.2) is 29.4 Å². The standard InChI is InChI=1S/C15H20N2O4/c1-15(2,3)14(21)17(9-8-12(18)19)11-6-4-10(5-7-11)13(16)20/h4-7H,8-9H2,1-3H3,(H2,16,20)(H,18,19). The Hall–Kier alpha value is -2.37. The van der Waals surface area contributed by atoms with Crippen molar-refractivity contribution in [3.8, 4) is 0 Å². The lowest BCUT2D eigenvalue weighted by Crippen LogP contribution is -2.40. The summed E-state index contributed by atoms with van der Waals surface area (Å²) in [4.78, 5) is 35.7. The molecule has 0 saturated carbocycles. The van der Waals surface area contributed by atoms with Gasteiger partial charge in [0.05, 0.1) is 6.42 Å². The Morgan fingerprint density at radius 2 is 1.67 bits per heavy atom. The summed E-state index contributed by atoms with van der Waals surface area (Å²) in [7, 11) is 0. The van der Waals surface area contributed by atoms with Gasteiger partial charge in [-0.15, -0.1) is 0 Å². The number of nitrogens with zero attached hydrogens (tertiary/aromatic N) is 1. The molecule has 3 N–H and O–H groups in total. The van der Waals surface area contributed by atoms with Gasteiger partial charge in [0.25, 0.3) is 0 Å². The van der Waals surface area contributed by atoms with Gasteiger partial charge in [-0.3, -0.25) is 14.4 Å². The average Bonchev–Trinajstić information content (AvgIpc) is 2.37. The first-order valence-corrected chi connectivity index (χ1v) is 6.56. The molecule has 1 aromatic carbocycles. The van der Waals surface area contributed by atoms with Crippen LogP contribution in [0.15, 0.2) is 24.3 Å². The maximum atomic E-state index is 12.4. The molecule has 0 bridgehead atoms. The Bertz CT molecular complexity index is 544. The summed E-state index contributed by atoms with van der Waals surface area (Å²) in [6.45, 7) is 5.37.